The number of carbonyl (C=O) groups is 2. The molecule has 1 aromatic carbocycles. The van der Waals surface area contributed by atoms with E-state index in [2.05, 4.69) is 23.7 Å². The van der Waals surface area contributed by atoms with Crippen LogP contribution < -0.4 is 4.90 Å². The molecule has 0 fully saturated rings. The number of carbonyl (C=O) groups excluding carboxylic acids is 1. The quantitative estimate of drug-likeness (QED) is 0.830. The normalized spacial score (nSPS) is 10.3. The van der Waals surface area contributed by atoms with Crippen LogP contribution in [0.2, 0.25) is 0 Å². The Hall–Kier alpha value is -2.69. The first kappa shape index (κ1) is 15.7. The number of pyridine rings is 1. The number of hydrogen-bond acceptors (Lipinski definition) is 4. The first-order valence-electron chi connectivity index (χ1n) is 7.15. The van der Waals surface area contributed by atoms with Crippen LogP contribution in [0, 0.1) is 0 Å². The number of benzene rings is 1. The second-order valence-electron chi connectivity index (χ2n) is 4.77. The number of aromatic carboxylic acids is 1. The molecule has 0 atom stereocenters. The van der Waals surface area contributed by atoms with E-state index in [0.717, 1.165) is 18.8 Å². The minimum atomic E-state index is -1.13. The monoisotopic (exact) mass is 298 g/mol. The van der Waals surface area contributed by atoms with Crippen molar-refractivity contribution >= 4 is 17.4 Å². The van der Waals surface area contributed by atoms with Crippen LogP contribution in [0.4, 0.5) is 5.69 Å². The summed E-state index contributed by atoms with van der Waals surface area (Å²) >= 11 is 0. The predicted octanol–water partition coefficient (Wildman–Crippen LogP) is 2.86. The second-order valence-corrected chi connectivity index (χ2v) is 4.77. The van der Waals surface area contributed by atoms with Gasteiger partial charge in [-0.15, -0.1) is 0 Å². The smallest absolute Gasteiger partial charge is 0.336 e. The lowest BCUT2D eigenvalue weighted by Crippen LogP contribution is -2.21. The molecule has 1 aromatic heterocycles. The van der Waals surface area contributed by atoms with Gasteiger partial charge in [0.05, 0.1) is 11.1 Å². The summed E-state index contributed by atoms with van der Waals surface area (Å²) in [6.45, 7) is 5.90. The van der Waals surface area contributed by atoms with E-state index in [4.69, 9.17) is 5.11 Å². The van der Waals surface area contributed by atoms with E-state index >= 15 is 0 Å². The maximum absolute atomic E-state index is 12.5. The molecule has 114 valence electrons. The molecule has 22 heavy (non-hydrogen) atoms. The number of rotatable bonds is 6. The van der Waals surface area contributed by atoms with Crippen molar-refractivity contribution in [3.63, 3.8) is 0 Å². The third-order valence-electron chi connectivity index (χ3n) is 3.55. The van der Waals surface area contributed by atoms with Crippen molar-refractivity contribution < 1.29 is 14.7 Å². The Morgan fingerprint density at radius 2 is 1.68 bits per heavy atom. The number of carboxylic acids is 1. The van der Waals surface area contributed by atoms with Gasteiger partial charge in [0, 0.05) is 36.7 Å². The number of ketones is 1. The zero-order valence-corrected chi connectivity index (χ0v) is 12.6. The van der Waals surface area contributed by atoms with E-state index in [9.17, 15) is 9.59 Å². The molecule has 2 aromatic rings. The van der Waals surface area contributed by atoms with Crippen molar-refractivity contribution in [2.75, 3.05) is 18.0 Å². The summed E-state index contributed by atoms with van der Waals surface area (Å²) in [6.07, 6.45) is 2.66. The maximum Gasteiger partial charge on any atom is 0.336 e. The van der Waals surface area contributed by atoms with Gasteiger partial charge < -0.3 is 10.0 Å². The van der Waals surface area contributed by atoms with Crippen LogP contribution in [0.15, 0.2) is 42.7 Å². The molecular formula is C17H18N2O3. The highest BCUT2D eigenvalue weighted by Crippen LogP contribution is 2.18. The number of hydrogen-bond donors (Lipinski definition) is 1. The lowest BCUT2D eigenvalue weighted by molar-refractivity contribution is 0.0692. The minimum absolute atomic E-state index is 0.0344. The molecule has 0 saturated carbocycles. The molecule has 0 unspecified atom stereocenters. The molecule has 0 aliphatic carbocycles. The molecule has 5 heteroatoms. The Kier molecular flexibility index (Phi) is 4.88. The zero-order valence-electron chi connectivity index (χ0n) is 12.6. The summed E-state index contributed by atoms with van der Waals surface area (Å²) in [5.74, 6) is -1.47. The Labute approximate surface area is 129 Å². The Morgan fingerprint density at radius 3 is 2.23 bits per heavy atom. The van der Waals surface area contributed by atoms with Crippen LogP contribution >= 0.6 is 0 Å². The molecule has 1 N–H and O–H groups in total. The van der Waals surface area contributed by atoms with Gasteiger partial charge in [-0.3, -0.25) is 9.78 Å². The fourth-order valence-corrected chi connectivity index (χ4v) is 2.33. The maximum atomic E-state index is 12.5. The Bertz CT molecular complexity index is 677. The van der Waals surface area contributed by atoms with Gasteiger partial charge in [-0.05, 0) is 44.2 Å². The summed E-state index contributed by atoms with van der Waals surface area (Å²) < 4.78 is 0. The van der Waals surface area contributed by atoms with Crippen LogP contribution in [0.1, 0.15) is 40.1 Å². The second kappa shape index (κ2) is 6.85. The van der Waals surface area contributed by atoms with Crippen molar-refractivity contribution in [2.24, 2.45) is 0 Å². The van der Waals surface area contributed by atoms with E-state index in [1.807, 2.05) is 12.1 Å². The molecule has 0 amide bonds. The molecule has 0 radical (unpaired) electrons. The Balaban J connectivity index is 2.33. The lowest BCUT2D eigenvalue weighted by atomic mass is 10.00. The largest absolute Gasteiger partial charge is 0.478 e. The molecular weight excluding hydrogens is 280 g/mol. The Morgan fingerprint density at radius 1 is 1.05 bits per heavy atom. The van der Waals surface area contributed by atoms with Crippen LogP contribution in [0.3, 0.4) is 0 Å². The number of aromatic nitrogens is 1. The van der Waals surface area contributed by atoms with Gasteiger partial charge in [0.15, 0.2) is 5.78 Å². The first-order valence-corrected chi connectivity index (χ1v) is 7.15. The van der Waals surface area contributed by atoms with Crippen molar-refractivity contribution in [2.45, 2.75) is 13.8 Å². The topological polar surface area (TPSA) is 70.5 Å². The fraction of sp³-hybridized carbons (Fsp3) is 0.235. The van der Waals surface area contributed by atoms with Crippen molar-refractivity contribution in [1.29, 1.82) is 0 Å². The van der Waals surface area contributed by atoms with Gasteiger partial charge in [0.25, 0.3) is 0 Å². The van der Waals surface area contributed by atoms with Crippen LogP contribution in [0.25, 0.3) is 0 Å². The molecule has 0 bridgehead atoms. The van der Waals surface area contributed by atoms with Gasteiger partial charge in [-0.1, -0.05) is 0 Å². The summed E-state index contributed by atoms with van der Waals surface area (Å²) in [4.78, 5) is 29.7. The number of anilines is 1. The molecule has 0 aliphatic rings. The summed E-state index contributed by atoms with van der Waals surface area (Å²) in [7, 11) is 0. The number of nitrogens with zero attached hydrogens (tertiary/aromatic N) is 2. The summed E-state index contributed by atoms with van der Waals surface area (Å²) in [6, 6.07) is 8.51. The average molecular weight is 298 g/mol. The molecule has 1 heterocycles. The van der Waals surface area contributed by atoms with Crippen molar-refractivity contribution in [3.05, 3.63) is 59.4 Å². The standard InChI is InChI=1S/C17H18N2O3/c1-3-19(4-2)13-7-5-12(6-8-13)16(20)15-11-18-10-9-14(15)17(21)22/h5-11H,3-4H2,1-2H3,(H,21,22). The average Bonchev–Trinajstić information content (AvgIpc) is 2.56. The number of carboxylic acid groups (broad SMARTS) is 1. The van der Waals surface area contributed by atoms with Gasteiger partial charge >= 0.3 is 5.97 Å². The van der Waals surface area contributed by atoms with Crippen molar-refractivity contribution in [3.8, 4) is 0 Å². The minimum Gasteiger partial charge on any atom is -0.478 e. The lowest BCUT2D eigenvalue weighted by Gasteiger charge is -2.21. The molecule has 0 aliphatic heterocycles. The summed E-state index contributed by atoms with van der Waals surface area (Å²) in [5, 5.41) is 9.16. The third kappa shape index (κ3) is 3.14. The molecule has 5 nitrogen and oxygen atoms in total. The van der Waals surface area contributed by atoms with E-state index < -0.39 is 5.97 Å². The molecule has 0 spiro atoms. The van der Waals surface area contributed by atoms with Gasteiger partial charge in [0.1, 0.15) is 0 Å². The van der Waals surface area contributed by atoms with E-state index in [0.29, 0.717) is 5.56 Å². The first-order chi connectivity index (χ1) is 10.6. The fourth-order valence-electron chi connectivity index (χ4n) is 2.33. The molecule has 2 rings (SSSR count). The van der Waals surface area contributed by atoms with Gasteiger partial charge in [-0.25, -0.2) is 4.79 Å². The predicted molar refractivity (Wildman–Crippen MR) is 84.6 cm³/mol. The van der Waals surface area contributed by atoms with Crippen LogP contribution in [0.5, 0.6) is 0 Å². The van der Waals surface area contributed by atoms with Gasteiger partial charge in [0.2, 0.25) is 0 Å². The SMILES string of the molecule is CCN(CC)c1ccc(C(=O)c2cnccc2C(=O)O)cc1. The zero-order chi connectivity index (χ0) is 16.1. The van der Waals surface area contributed by atoms with E-state index in [1.54, 1.807) is 12.1 Å². The van der Waals surface area contributed by atoms with E-state index in [1.165, 1.54) is 18.5 Å². The highest BCUT2D eigenvalue weighted by Gasteiger charge is 2.18. The van der Waals surface area contributed by atoms with E-state index in [-0.39, 0.29) is 16.9 Å². The van der Waals surface area contributed by atoms with Crippen LogP contribution in [-0.4, -0.2) is 34.9 Å². The summed E-state index contributed by atoms with van der Waals surface area (Å²) in [5.41, 5.74) is 1.55. The highest BCUT2D eigenvalue weighted by atomic mass is 16.4. The van der Waals surface area contributed by atoms with Gasteiger partial charge in [-0.2, -0.15) is 0 Å². The third-order valence-corrected chi connectivity index (χ3v) is 3.55. The highest BCUT2D eigenvalue weighted by molar-refractivity contribution is 6.14. The molecule has 0 saturated heterocycles. The van der Waals surface area contributed by atoms with Crippen LogP contribution in [-0.2, 0) is 0 Å². The van der Waals surface area contributed by atoms with Crippen molar-refractivity contribution in [1.82, 2.24) is 4.98 Å².